The summed E-state index contributed by atoms with van der Waals surface area (Å²) >= 11 is 3.40. The number of amides is 1. The molecule has 5 nitrogen and oxygen atoms in total. The fourth-order valence-electron chi connectivity index (χ4n) is 2.96. The molecule has 0 spiro atoms. The normalized spacial score (nSPS) is 21.0. The molecule has 23 heavy (non-hydrogen) atoms. The maximum Gasteiger partial charge on any atom is 0.275 e. The number of carbonyl (C=O) groups is 1. The van der Waals surface area contributed by atoms with Gasteiger partial charge in [-0.1, -0.05) is 0 Å². The highest BCUT2D eigenvalue weighted by molar-refractivity contribution is 9.10. The summed E-state index contributed by atoms with van der Waals surface area (Å²) < 4.78 is 15.2. The van der Waals surface area contributed by atoms with Gasteiger partial charge in [0.2, 0.25) is 0 Å². The van der Waals surface area contributed by atoms with Crippen molar-refractivity contribution in [3.05, 3.63) is 46.4 Å². The van der Waals surface area contributed by atoms with Gasteiger partial charge in [0, 0.05) is 18.8 Å². The molecule has 1 aromatic carbocycles. The number of hydrogen-bond acceptors (Lipinski definition) is 3. The lowest BCUT2D eigenvalue weighted by molar-refractivity contribution is 0.0736. The Hall–Kier alpha value is -1.73. The van der Waals surface area contributed by atoms with Gasteiger partial charge in [-0.3, -0.25) is 4.79 Å². The summed E-state index contributed by atoms with van der Waals surface area (Å²) in [5.41, 5.74) is 6.78. The molecule has 0 bridgehead atoms. The summed E-state index contributed by atoms with van der Waals surface area (Å²) in [7, 11) is 0. The van der Waals surface area contributed by atoms with Crippen molar-refractivity contribution in [1.82, 2.24) is 14.7 Å². The van der Waals surface area contributed by atoms with E-state index >= 15 is 0 Å². The molecular weight excluding hydrogens is 363 g/mol. The van der Waals surface area contributed by atoms with Gasteiger partial charge < -0.3 is 10.6 Å². The first-order valence-electron chi connectivity index (χ1n) is 7.51. The zero-order valence-electron chi connectivity index (χ0n) is 12.7. The predicted octanol–water partition coefficient (Wildman–Crippen LogP) is 2.58. The number of likely N-dealkylation sites (tertiary alicyclic amines) is 1. The summed E-state index contributed by atoms with van der Waals surface area (Å²) in [5.74, 6) is -0.0805. The molecule has 2 aromatic rings. The van der Waals surface area contributed by atoms with Crippen LogP contribution in [0.15, 0.2) is 34.9 Å². The van der Waals surface area contributed by atoms with Gasteiger partial charge in [0.05, 0.1) is 10.2 Å². The monoisotopic (exact) mass is 380 g/mol. The summed E-state index contributed by atoms with van der Waals surface area (Å²) in [6.07, 6.45) is 2.63. The van der Waals surface area contributed by atoms with Crippen LogP contribution >= 0.6 is 15.9 Å². The number of halogens is 2. The molecule has 1 saturated heterocycles. The quantitative estimate of drug-likeness (QED) is 0.889. The highest BCUT2D eigenvalue weighted by atomic mass is 79.9. The van der Waals surface area contributed by atoms with Crippen molar-refractivity contribution >= 4 is 21.8 Å². The third-order valence-electron chi connectivity index (χ3n) is 4.22. The molecule has 122 valence electrons. The van der Waals surface area contributed by atoms with Crippen LogP contribution in [0.1, 0.15) is 23.8 Å². The van der Waals surface area contributed by atoms with Crippen LogP contribution in [0, 0.1) is 11.7 Å². The van der Waals surface area contributed by atoms with Crippen LogP contribution in [0.3, 0.4) is 0 Å². The number of rotatable bonds is 3. The van der Waals surface area contributed by atoms with E-state index in [2.05, 4.69) is 21.0 Å². The minimum atomic E-state index is -0.310. The average Bonchev–Trinajstić information content (AvgIpc) is 3.10. The highest BCUT2D eigenvalue weighted by Gasteiger charge is 2.34. The van der Waals surface area contributed by atoms with E-state index in [1.807, 2.05) is 11.8 Å². The van der Waals surface area contributed by atoms with E-state index in [9.17, 15) is 9.18 Å². The van der Waals surface area contributed by atoms with Gasteiger partial charge in [0.1, 0.15) is 5.82 Å². The van der Waals surface area contributed by atoms with Gasteiger partial charge in [0.15, 0.2) is 5.69 Å². The number of nitrogens with zero attached hydrogens (tertiary/aromatic N) is 3. The lowest BCUT2D eigenvalue weighted by Gasteiger charge is -2.20. The average molecular weight is 381 g/mol. The SMILES string of the molecule is CC1CC(CN)CN1C(=O)c1nn(-c2ccc(F)cc2)cc1Br. The molecule has 2 atom stereocenters. The first-order chi connectivity index (χ1) is 11.0. The van der Waals surface area contributed by atoms with E-state index in [-0.39, 0.29) is 17.8 Å². The molecule has 1 amide bonds. The molecule has 2 N–H and O–H groups in total. The van der Waals surface area contributed by atoms with Crippen LogP contribution in [-0.4, -0.2) is 39.7 Å². The van der Waals surface area contributed by atoms with E-state index < -0.39 is 0 Å². The van der Waals surface area contributed by atoms with E-state index in [4.69, 9.17) is 5.73 Å². The van der Waals surface area contributed by atoms with E-state index in [0.29, 0.717) is 34.9 Å². The van der Waals surface area contributed by atoms with Gasteiger partial charge in [-0.25, -0.2) is 9.07 Å². The molecule has 1 aliphatic heterocycles. The third-order valence-corrected chi connectivity index (χ3v) is 4.80. The zero-order chi connectivity index (χ0) is 16.6. The second kappa shape index (κ2) is 6.41. The Kier molecular flexibility index (Phi) is 4.50. The first kappa shape index (κ1) is 16.1. The van der Waals surface area contributed by atoms with Gasteiger partial charge in [-0.15, -0.1) is 0 Å². The standard InChI is InChI=1S/C16H18BrFN4O/c1-10-6-11(7-19)8-21(10)16(23)15-14(17)9-22(20-15)13-4-2-12(18)3-5-13/h2-5,9-11H,6-8,19H2,1H3. The van der Waals surface area contributed by atoms with E-state index in [1.165, 1.54) is 12.1 Å². The molecule has 7 heteroatoms. The van der Waals surface area contributed by atoms with Crippen LogP contribution < -0.4 is 5.73 Å². The van der Waals surface area contributed by atoms with E-state index in [0.717, 1.165) is 6.42 Å². The van der Waals surface area contributed by atoms with Crippen molar-refractivity contribution in [1.29, 1.82) is 0 Å². The highest BCUT2D eigenvalue weighted by Crippen LogP contribution is 2.26. The fraction of sp³-hybridized carbons (Fsp3) is 0.375. The third kappa shape index (κ3) is 3.16. The van der Waals surface area contributed by atoms with Crippen molar-refractivity contribution in [2.45, 2.75) is 19.4 Å². The molecule has 2 unspecified atom stereocenters. The van der Waals surface area contributed by atoms with Crippen molar-refractivity contribution in [3.8, 4) is 5.69 Å². The maximum absolute atomic E-state index is 13.0. The number of hydrogen-bond donors (Lipinski definition) is 1. The van der Waals surface area contributed by atoms with Crippen LogP contribution in [0.25, 0.3) is 5.69 Å². The molecule has 0 saturated carbocycles. The molecule has 0 aliphatic carbocycles. The van der Waals surface area contributed by atoms with Gasteiger partial charge in [-0.2, -0.15) is 5.10 Å². The Morgan fingerprint density at radius 3 is 2.74 bits per heavy atom. The number of benzene rings is 1. The van der Waals surface area contributed by atoms with Crippen LogP contribution in [0.4, 0.5) is 4.39 Å². The summed E-state index contributed by atoms with van der Waals surface area (Å²) in [6, 6.07) is 6.11. The largest absolute Gasteiger partial charge is 0.334 e. The molecule has 1 fully saturated rings. The molecule has 1 aromatic heterocycles. The van der Waals surface area contributed by atoms with Gasteiger partial charge in [0.25, 0.3) is 5.91 Å². The summed E-state index contributed by atoms with van der Waals surface area (Å²) in [4.78, 5) is 14.6. The zero-order valence-corrected chi connectivity index (χ0v) is 14.3. The lowest BCUT2D eigenvalue weighted by atomic mass is 10.1. The fourth-order valence-corrected chi connectivity index (χ4v) is 3.40. The number of aromatic nitrogens is 2. The van der Waals surface area contributed by atoms with Crippen molar-refractivity contribution in [3.63, 3.8) is 0 Å². The lowest BCUT2D eigenvalue weighted by Crippen LogP contribution is -2.35. The van der Waals surface area contributed by atoms with Gasteiger partial charge >= 0.3 is 0 Å². The van der Waals surface area contributed by atoms with E-state index in [1.54, 1.807) is 23.0 Å². The Morgan fingerprint density at radius 2 is 2.13 bits per heavy atom. The second-order valence-corrected chi connectivity index (χ2v) is 6.74. The Bertz CT molecular complexity index is 715. The second-order valence-electron chi connectivity index (χ2n) is 5.89. The van der Waals surface area contributed by atoms with Crippen LogP contribution in [0.5, 0.6) is 0 Å². The van der Waals surface area contributed by atoms with Crippen molar-refractivity contribution in [2.24, 2.45) is 11.7 Å². The molecule has 0 radical (unpaired) electrons. The maximum atomic E-state index is 13.0. The minimum absolute atomic E-state index is 0.110. The topological polar surface area (TPSA) is 64.2 Å². The van der Waals surface area contributed by atoms with Crippen molar-refractivity contribution < 1.29 is 9.18 Å². The Balaban J connectivity index is 1.86. The predicted molar refractivity (Wildman–Crippen MR) is 88.9 cm³/mol. The van der Waals surface area contributed by atoms with Crippen LogP contribution in [-0.2, 0) is 0 Å². The molecular formula is C16H18BrFN4O. The number of carbonyl (C=O) groups excluding carboxylic acids is 1. The minimum Gasteiger partial charge on any atom is -0.334 e. The Morgan fingerprint density at radius 1 is 1.43 bits per heavy atom. The molecule has 2 heterocycles. The molecule has 1 aliphatic rings. The van der Waals surface area contributed by atoms with Crippen molar-refractivity contribution in [2.75, 3.05) is 13.1 Å². The number of nitrogens with two attached hydrogens (primary N) is 1. The van der Waals surface area contributed by atoms with Gasteiger partial charge in [-0.05, 0) is 66.0 Å². The smallest absolute Gasteiger partial charge is 0.275 e. The van der Waals surface area contributed by atoms with Crippen LogP contribution in [0.2, 0.25) is 0 Å². The summed E-state index contributed by atoms with van der Waals surface area (Å²) in [5, 5.41) is 4.36. The Labute approximate surface area is 142 Å². The molecule has 3 rings (SSSR count). The first-order valence-corrected chi connectivity index (χ1v) is 8.31. The summed E-state index contributed by atoms with van der Waals surface area (Å²) in [6.45, 7) is 3.27.